The summed E-state index contributed by atoms with van der Waals surface area (Å²) in [5.74, 6) is -0.780. The molecule has 9 nitrogen and oxygen atoms in total. The third-order valence-corrected chi connectivity index (χ3v) is 6.66. The Labute approximate surface area is 212 Å². The van der Waals surface area contributed by atoms with Crippen molar-refractivity contribution in [3.63, 3.8) is 0 Å². The van der Waals surface area contributed by atoms with Crippen LogP contribution in [0.4, 0.5) is 10.1 Å². The number of anilines is 1. The van der Waals surface area contributed by atoms with Crippen LogP contribution in [0.25, 0.3) is 0 Å². The van der Waals surface area contributed by atoms with Crippen molar-refractivity contribution in [3.05, 3.63) is 53.8 Å². The quantitative estimate of drug-likeness (QED) is 0.433. The van der Waals surface area contributed by atoms with Crippen LogP contribution in [0.2, 0.25) is 0 Å². The molecule has 0 spiro atoms. The van der Waals surface area contributed by atoms with Crippen LogP contribution in [-0.2, 0) is 26.2 Å². The Kier molecular flexibility index (Phi) is 10.5. The Morgan fingerprint density at radius 3 is 2.25 bits per heavy atom. The van der Waals surface area contributed by atoms with Crippen LogP contribution in [0, 0.1) is 5.82 Å². The Balaban J connectivity index is 2.50. The molecule has 36 heavy (non-hydrogen) atoms. The van der Waals surface area contributed by atoms with Gasteiger partial charge >= 0.3 is 0 Å². The molecule has 0 heterocycles. The summed E-state index contributed by atoms with van der Waals surface area (Å²) in [6.45, 7) is 3.52. The number of nitrogens with one attached hydrogen (secondary N) is 1. The maximum Gasteiger partial charge on any atom is 0.244 e. The minimum atomic E-state index is -3.95. The number of hydrogen-bond donors (Lipinski definition) is 1. The molecule has 198 valence electrons. The number of rotatable bonds is 13. The molecule has 2 aromatic carbocycles. The van der Waals surface area contributed by atoms with Gasteiger partial charge in [-0.2, -0.15) is 0 Å². The van der Waals surface area contributed by atoms with Gasteiger partial charge in [-0.1, -0.05) is 26.0 Å². The molecule has 1 atom stereocenters. The molecule has 0 saturated heterocycles. The van der Waals surface area contributed by atoms with Gasteiger partial charge in [-0.15, -0.1) is 0 Å². The number of carbonyl (C=O) groups excluding carboxylic acids is 2. The van der Waals surface area contributed by atoms with Crippen LogP contribution in [0.15, 0.2) is 42.5 Å². The second-order valence-corrected chi connectivity index (χ2v) is 10.1. The zero-order valence-electron chi connectivity index (χ0n) is 21.3. The van der Waals surface area contributed by atoms with Crippen molar-refractivity contribution < 1.29 is 31.9 Å². The van der Waals surface area contributed by atoms with E-state index in [1.165, 1.54) is 49.5 Å². The van der Waals surface area contributed by atoms with E-state index < -0.39 is 34.3 Å². The lowest BCUT2D eigenvalue weighted by molar-refractivity contribution is -0.140. The van der Waals surface area contributed by atoms with Crippen molar-refractivity contribution in [2.75, 3.05) is 37.9 Å². The van der Waals surface area contributed by atoms with E-state index in [1.54, 1.807) is 19.1 Å². The highest BCUT2D eigenvalue weighted by molar-refractivity contribution is 7.92. The average molecular weight is 524 g/mol. The van der Waals surface area contributed by atoms with E-state index >= 15 is 0 Å². The SMILES string of the molecule is CCCNC(=O)[C@@H](CC)N(Cc1ccc(F)cc1)C(=O)CN(c1cc(OC)ccc1OC)S(C)(=O)=O. The lowest BCUT2D eigenvalue weighted by Crippen LogP contribution is -2.52. The summed E-state index contributed by atoms with van der Waals surface area (Å²) in [4.78, 5) is 27.9. The van der Waals surface area contributed by atoms with Gasteiger partial charge in [-0.05, 0) is 42.7 Å². The Hall–Kier alpha value is -3.34. The number of nitrogens with zero attached hydrogens (tertiary/aromatic N) is 2. The molecule has 2 rings (SSSR count). The maximum atomic E-state index is 13.7. The number of carbonyl (C=O) groups is 2. The fraction of sp³-hybridized carbons (Fsp3) is 0.440. The zero-order valence-corrected chi connectivity index (χ0v) is 22.1. The normalized spacial score (nSPS) is 11.9. The van der Waals surface area contributed by atoms with Gasteiger partial charge in [0.25, 0.3) is 0 Å². The van der Waals surface area contributed by atoms with Gasteiger partial charge in [0.2, 0.25) is 21.8 Å². The van der Waals surface area contributed by atoms with Crippen LogP contribution < -0.4 is 19.1 Å². The highest BCUT2D eigenvalue weighted by Crippen LogP contribution is 2.34. The van der Waals surface area contributed by atoms with Crippen molar-refractivity contribution in [1.29, 1.82) is 0 Å². The van der Waals surface area contributed by atoms with Crippen LogP contribution in [0.5, 0.6) is 11.5 Å². The molecule has 0 radical (unpaired) electrons. The third kappa shape index (κ3) is 7.58. The summed E-state index contributed by atoms with van der Waals surface area (Å²) in [5, 5.41) is 2.80. The van der Waals surface area contributed by atoms with Crippen LogP contribution in [-0.4, -0.2) is 64.7 Å². The van der Waals surface area contributed by atoms with Crippen molar-refractivity contribution in [1.82, 2.24) is 10.2 Å². The van der Waals surface area contributed by atoms with E-state index in [2.05, 4.69) is 5.32 Å². The van der Waals surface area contributed by atoms with Crippen molar-refractivity contribution in [2.24, 2.45) is 0 Å². The van der Waals surface area contributed by atoms with E-state index in [-0.39, 0.29) is 23.9 Å². The topological polar surface area (TPSA) is 105 Å². The molecule has 0 saturated carbocycles. The molecule has 0 aliphatic heterocycles. The van der Waals surface area contributed by atoms with Crippen LogP contribution in [0.1, 0.15) is 32.3 Å². The first-order chi connectivity index (χ1) is 17.0. The fourth-order valence-electron chi connectivity index (χ4n) is 3.66. The number of hydrogen-bond acceptors (Lipinski definition) is 6. The summed E-state index contributed by atoms with van der Waals surface area (Å²) in [6, 6.07) is 9.32. The Bertz CT molecular complexity index is 1140. The summed E-state index contributed by atoms with van der Waals surface area (Å²) in [7, 11) is -1.12. The number of halogens is 1. The van der Waals surface area contributed by atoms with E-state index in [0.717, 1.165) is 10.6 Å². The molecule has 2 amide bonds. The highest BCUT2D eigenvalue weighted by Gasteiger charge is 2.32. The van der Waals surface area contributed by atoms with Crippen LogP contribution in [0.3, 0.4) is 0 Å². The number of ether oxygens (including phenoxy) is 2. The predicted molar refractivity (Wildman–Crippen MR) is 136 cm³/mol. The molecule has 2 aromatic rings. The van der Waals surface area contributed by atoms with Crippen molar-refractivity contribution in [3.8, 4) is 11.5 Å². The molecule has 0 aliphatic carbocycles. The third-order valence-electron chi connectivity index (χ3n) is 5.54. The first-order valence-electron chi connectivity index (χ1n) is 11.6. The monoisotopic (exact) mass is 523 g/mol. The largest absolute Gasteiger partial charge is 0.497 e. The van der Waals surface area contributed by atoms with E-state index in [4.69, 9.17) is 9.47 Å². The lowest BCUT2D eigenvalue weighted by Gasteiger charge is -2.33. The minimum Gasteiger partial charge on any atom is -0.497 e. The molecule has 0 aliphatic rings. The molecule has 11 heteroatoms. The van der Waals surface area contributed by atoms with Gasteiger partial charge in [0.05, 0.1) is 26.2 Å². The number of benzene rings is 2. The summed E-state index contributed by atoms with van der Waals surface area (Å²) in [6.07, 6.45) is 1.99. The molecule has 1 N–H and O–H groups in total. The molecular formula is C25H34FN3O6S. The fourth-order valence-corrected chi connectivity index (χ4v) is 4.50. The van der Waals surface area contributed by atoms with Gasteiger partial charge in [0.15, 0.2) is 0 Å². The van der Waals surface area contributed by atoms with Gasteiger partial charge < -0.3 is 19.7 Å². The number of sulfonamides is 1. The molecule has 0 fully saturated rings. The summed E-state index contributed by atoms with van der Waals surface area (Å²) in [5.41, 5.74) is 0.717. The minimum absolute atomic E-state index is 0.00991. The second kappa shape index (κ2) is 13.1. The molecule has 0 unspecified atom stereocenters. The molecule has 0 aromatic heterocycles. The van der Waals surface area contributed by atoms with Gasteiger partial charge in [-0.3, -0.25) is 13.9 Å². The predicted octanol–water partition coefficient (Wildman–Crippen LogP) is 2.94. The Morgan fingerprint density at radius 2 is 1.72 bits per heavy atom. The maximum absolute atomic E-state index is 13.7. The standard InChI is InChI=1S/C25H34FN3O6S/c1-6-14-27-25(31)21(7-2)28(16-18-8-10-19(26)11-9-18)24(30)17-29(36(5,32)33)22-15-20(34-3)12-13-23(22)35-4/h8-13,15,21H,6-7,14,16-17H2,1-5H3,(H,27,31)/t21-/m1/s1. The number of methoxy groups -OCH3 is 2. The van der Waals surface area contributed by atoms with E-state index in [1.807, 2.05) is 6.92 Å². The van der Waals surface area contributed by atoms with Crippen LogP contribution >= 0.6 is 0 Å². The smallest absolute Gasteiger partial charge is 0.244 e. The highest BCUT2D eigenvalue weighted by atomic mass is 32.2. The van der Waals surface area contributed by atoms with E-state index in [0.29, 0.717) is 30.7 Å². The average Bonchev–Trinajstić information content (AvgIpc) is 2.85. The van der Waals surface area contributed by atoms with Gasteiger partial charge in [0.1, 0.15) is 29.9 Å². The second-order valence-electron chi connectivity index (χ2n) is 8.17. The van der Waals surface area contributed by atoms with Gasteiger partial charge in [-0.25, -0.2) is 12.8 Å². The lowest BCUT2D eigenvalue weighted by atomic mass is 10.1. The Morgan fingerprint density at radius 1 is 1.06 bits per heavy atom. The number of amides is 2. The molecule has 0 bridgehead atoms. The first kappa shape index (κ1) is 28.9. The molecular weight excluding hydrogens is 489 g/mol. The summed E-state index contributed by atoms with van der Waals surface area (Å²) >= 11 is 0. The van der Waals surface area contributed by atoms with Gasteiger partial charge in [0, 0.05) is 19.2 Å². The van der Waals surface area contributed by atoms with Crippen molar-refractivity contribution in [2.45, 2.75) is 39.3 Å². The zero-order chi connectivity index (χ0) is 26.9. The first-order valence-corrected chi connectivity index (χ1v) is 13.4. The van der Waals surface area contributed by atoms with E-state index in [9.17, 15) is 22.4 Å². The summed E-state index contributed by atoms with van der Waals surface area (Å²) < 4.78 is 50.6. The van der Waals surface area contributed by atoms with Crippen molar-refractivity contribution >= 4 is 27.5 Å².